The van der Waals surface area contributed by atoms with Crippen LogP contribution in [-0.4, -0.2) is 23.4 Å². The number of rotatable bonds is 2. The molecule has 1 fully saturated rings. The van der Waals surface area contributed by atoms with Crippen LogP contribution in [0.1, 0.15) is 66.1 Å². The second-order valence-electron chi connectivity index (χ2n) is 8.79. The van der Waals surface area contributed by atoms with Crippen LogP contribution in [0.15, 0.2) is 48.6 Å². The highest BCUT2D eigenvalue weighted by Gasteiger charge is 2.39. The van der Waals surface area contributed by atoms with Crippen molar-refractivity contribution in [3.8, 4) is 0 Å². The lowest BCUT2D eigenvalue weighted by Crippen LogP contribution is -2.42. The lowest BCUT2D eigenvalue weighted by Gasteiger charge is -2.38. The summed E-state index contributed by atoms with van der Waals surface area (Å²) in [4.78, 5) is 15.2. The van der Waals surface area contributed by atoms with E-state index in [1.165, 1.54) is 12.0 Å². The molecule has 0 bridgehead atoms. The van der Waals surface area contributed by atoms with Gasteiger partial charge in [0.05, 0.1) is 6.04 Å². The first-order valence-electron chi connectivity index (χ1n) is 10.9. The van der Waals surface area contributed by atoms with Crippen molar-refractivity contribution in [3.63, 3.8) is 0 Å². The Balaban J connectivity index is 1.48. The van der Waals surface area contributed by atoms with Crippen LogP contribution in [0.25, 0.3) is 0 Å². The average molecular weight is 441 g/mol. The fourth-order valence-corrected chi connectivity index (χ4v) is 5.88. The summed E-state index contributed by atoms with van der Waals surface area (Å²) in [5.41, 5.74) is 4.17. The first-order chi connectivity index (χ1) is 14.5. The number of nitrogens with one attached hydrogen (secondary N) is 1. The highest BCUT2D eigenvalue weighted by Crippen LogP contribution is 2.51. The molecule has 1 saturated heterocycles. The summed E-state index contributed by atoms with van der Waals surface area (Å²) in [5.74, 6) is 0.811. The van der Waals surface area contributed by atoms with Crippen molar-refractivity contribution in [3.05, 3.63) is 75.3 Å². The molecule has 0 unspecified atom stereocenters. The number of amides is 1. The molecule has 3 nitrogen and oxygen atoms in total. The van der Waals surface area contributed by atoms with Crippen LogP contribution in [0.4, 0.5) is 5.69 Å². The highest BCUT2D eigenvalue weighted by molar-refractivity contribution is 6.35. The average Bonchev–Trinajstić information content (AvgIpc) is 3.23. The number of halogens is 2. The van der Waals surface area contributed by atoms with Crippen LogP contribution >= 0.6 is 23.2 Å². The number of hydrogen-bond acceptors (Lipinski definition) is 2. The Bertz CT molecular complexity index is 1020. The number of allylic oxidation sites excluding steroid dienone is 2. The molecule has 2 heterocycles. The Hall–Kier alpha value is -1.97. The molecular weight excluding hydrogens is 415 g/mol. The summed E-state index contributed by atoms with van der Waals surface area (Å²) in [6.07, 6.45) is 8.93. The molecule has 5 heteroatoms. The number of carbonyl (C=O) groups is 1. The van der Waals surface area contributed by atoms with Gasteiger partial charge in [-0.2, -0.15) is 0 Å². The Labute approximate surface area is 188 Å². The molecule has 4 atom stereocenters. The van der Waals surface area contributed by atoms with Gasteiger partial charge < -0.3 is 10.2 Å². The molecule has 2 aromatic rings. The lowest BCUT2D eigenvalue weighted by atomic mass is 9.76. The number of nitrogens with zero attached hydrogens (tertiary/aromatic N) is 1. The predicted molar refractivity (Wildman–Crippen MR) is 124 cm³/mol. The number of likely N-dealkylation sites (tertiary alicyclic amines) is 1. The van der Waals surface area contributed by atoms with E-state index < -0.39 is 0 Å². The van der Waals surface area contributed by atoms with Gasteiger partial charge in [0.2, 0.25) is 0 Å². The number of carbonyl (C=O) groups excluding carboxylic acids is 1. The van der Waals surface area contributed by atoms with Crippen LogP contribution in [0, 0.1) is 5.92 Å². The minimum Gasteiger partial charge on any atom is -0.378 e. The summed E-state index contributed by atoms with van der Waals surface area (Å²) >= 11 is 12.7. The van der Waals surface area contributed by atoms with E-state index >= 15 is 0 Å². The molecule has 5 rings (SSSR count). The van der Waals surface area contributed by atoms with E-state index in [-0.39, 0.29) is 17.9 Å². The molecule has 2 aromatic carbocycles. The Morgan fingerprint density at radius 1 is 1.10 bits per heavy atom. The van der Waals surface area contributed by atoms with E-state index in [0.717, 1.165) is 42.6 Å². The number of fused-ring (bicyclic) bond motifs is 3. The third-order valence-corrected chi connectivity index (χ3v) is 7.53. The van der Waals surface area contributed by atoms with Crippen LogP contribution in [-0.2, 0) is 0 Å². The maximum Gasteiger partial charge on any atom is 0.254 e. The zero-order valence-electron chi connectivity index (χ0n) is 17.1. The molecule has 0 saturated carbocycles. The van der Waals surface area contributed by atoms with Crippen LogP contribution < -0.4 is 5.32 Å². The smallest absolute Gasteiger partial charge is 0.254 e. The molecular formula is C25H26Cl2N2O. The fraction of sp³-hybridized carbons (Fsp3) is 0.400. The van der Waals surface area contributed by atoms with Gasteiger partial charge in [0.25, 0.3) is 5.91 Å². The Morgan fingerprint density at radius 3 is 2.77 bits per heavy atom. The minimum absolute atomic E-state index is 0.117. The molecule has 1 aliphatic carbocycles. The van der Waals surface area contributed by atoms with Gasteiger partial charge in [0.15, 0.2) is 0 Å². The summed E-state index contributed by atoms with van der Waals surface area (Å²) in [6, 6.07) is 12.3. The topological polar surface area (TPSA) is 32.3 Å². The largest absolute Gasteiger partial charge is 0.378 e. The third kappa shape index (κ3) is 3.42. The van der Waals surface area contributed by atoms with Gasteiger partial charge in [-0.3, -0.25) is 4.79 Å². The highest BCUT2D eigenvalue weighted by atomic mass is 35.5. The minimum atomic E-state index is 0.117. The van der Waals surface area contributed by atoms with Crippen molar-refractivity contribution >= 4 is 34.8 Å². The monoisotopic (exact) mass is 440 g/mol. The molecule has 156 valence electrons. The van der Waals surface area contributed by atoms with Crippen LogP contribution in [0.2, 0.25) is 10.0 Å². The van der Waals surface area contributed by atoms with E-state index in [9.17, 15) is 4.79 Å². The van der Waals surface area contributed by atoms with Crippen molar-refractivity contribution in [2.24, 2.45) is 5.92 Å². The van der Waals surface area contributed by atoms with Gasteiger partial charge in [-0.25, -0.2) is 0 Å². The van der Waals surface area contributed by atoms with Gasteiger partial charge in [0.1, 0.15) is 0 Å². The molecule has 0 aromatic heterocycles. The van der Waals surface area contributed by atoms with Gasteiger partial charge in [-0.05, 0) is 80.0 Å². The molecule has 1 N–H and O–H groups in total. The van der Waals surface area contributed by atoms with Crippen LogP contribution in [0.3, 0.4) is 0 Å². The van der Waals surface area contributed by atoms with Gasteiger partial charge >= 0.3 is 0 Å². The lowest BCUT2D eigenvalue weighted by molar-refractivity contribution is 0.0635. The van der Waals surface area contributed by atoms with E-state index in [4.69, 9.17) is 23.2 Å². The van der Waals surface area contributed by atoms with Gasteiger partial charge in [0, 0.05) is 39.8 Å². The maximum atomic E-state index is 13.2. The first kappa shape index (κ1) is 20.0. The van der Waals surface area contributed by atoms with Crippen molar-refractivity contribution in [2.75, 3.05) is 11.9 Å². The summed E-state index contributed by atoms with van der Waals surface area (Å²) in [6.45, 7) is 3.02. The van der Waals surface area contributed by atoms with Crippen molar-refractivity contribution in [2.45, 2.75) is 50.6 Å². The number of piperidine rings is 1. The third-order valence-electron chi connectivity index (χ3n) is 6.97. The molecule has 30 heavy (non-hydrogen) atoms. The summed E-state index contributed by atoms with van der Waals surface area (Å²) in [7, 11) is 0. The zero-order chi connectivity index (χ0) is 20.8. The molecule has 0 spiro atoms. The standard InChI is InChI=1S/C25H26Cl2N2O/c1-15-5-2-3-12-29(15)25(30)16-8-11-23-21(13-16)18-6-4-7-19(18)24(28-23)20-10-9-17(26)14-22(20)27/h4,6,8-11,13-15,18-19,24,28H,2-3,5,7,12H2,1H3/t15-,18-,19-,24+/m0/s1. The fourth-order valence-electron chi connectivity index (χ4n) is 5.35. The van der Waals surface area contributed by atoms with Crippen molar-refractivity contribution < 1.29 is 4.79 Å². The molecule has 3 aliphatic rings. The summed E-state index contributed by atoms with van der Waals surface area (Å²) < 4.78 is 0. The second-order valence-corrected chi connectivity index (χ2v) is 9.63. The molecule has 2 aliphatic heterocycles. The maximum absolute atomic E-state index is 13.2. The van der Waals surface area contributed by atoms with E-state index in [2.05, 4.69) is 36.5 Å². The molecule has 1 amide bonds. The second kappa shape index (κ2) is 7.94. The summed E-state index contributed by atoms with van der Waals surface area (Å²) in [5, 5.41) is 5.05. The quantitative estimate of drug-likeness (QED) is 0.518. The molecule has 0 radical (unpaired) electrons. The van der Waals surface area contributed by atoms with Crippen molar-refractivity contribution in [1.29, 1.82) is 0 Å². The Morgan fingerprint density at radius 2 is 1.97 bits per heavy atom. The van der Waals surface area contributed by atoms with E-state index in [1.54, 1.807) is 0 Å². The SMILES string of the molecule is C[C@H]1CCCCN1C(=O)c1ccc2c(c1)[C@H]1C=CC[C@@H]1[C@H](c1ccc(Cl)cc1Cl)N2. The van der Waals surface area contributed by atoms with E-state index in [0.29, 0.717) is 22.0 Å². The number of benzene rings is 2. The number of anilines is 1. The normalized spacial score (nSPS) is 27.4. The van der Waals surface area contributed by atoms with E-state index in [1.807, 2.05) is 29.2 Å². The van der Waals surface area contributed by atoms with Crippen molar-refractivity contribution in [1.82, 2.24) is 4.90 Å². The zero-order valence-corrected chi connectivity index (χ0v) is 18.6. The van der Waals surface area contributed by atoms with Gasteiger partial charge in [-0.1, -0.05) is 41.4 Å². The number of hydrogen-bond donors (Lipinski definition) is 1. The van der Waals surface area contributed by atoms with Gasteiger partial charge in [-0.15, -0.1) is 0 Å². The van der Waals surface area contributed by atoms with Crippen LogP contribution in [0.5, 0.6) is 0 Å². The Kier molecular flexibility index (Phi) is 5.28. The first-order valence-corrected chi connectivity index (χ1v) is 11.6. The predicted octanol–water partition coefficient (Wildman–Crippen LogP) is 6.83.